The third-order valence-electron chi connectivity index (χ3n) is 2.27. The SMILES string of the molecule is CCCN(CCO)c1cc(Cl)c(F)cc1N. The maximum absolute atomic E-state index is 13.1. The molecule has 5 heteroatoms. The van der Waals surface area contributed by atoms with E-state index >= 15 is 0 Å². The number of aliphatic hydroxyl groups excluding tert-OH is 1. The Kier molecular flexibility index (Phi) is 4.83. The summed E-state index contributed by atoms with van der Waals surface area (Å²) in [6.45, 7) is 3.24. The molecule has 0 fully saturated rings. The monoisotopic (exact) mass is 246 g/mol. The highest BCUT2D eigenvalue weighted by Gasteiger charge is 2.12. The molecule has 0 spiro atoms. The van der Waals surface area contributed by atoms with Crippen LogP contribution in [0.1, 0.15) is 13.3 Å². The molecule has 0 atom stereocenters. The molecule has 0 radical (unpaired) electrons. The fourth-order valence-corrected chi connectivity index (χ4v) is 1.73. The van der Waals surface area contributed by atoms with Crippen LogP contribution < -0.4 is 10.6 Å². The molecule has 16 heavy (non-hydrogen) atoms. The van der Waals surface area contributed by atoms with Gasteiger partial charge in [0.25, 0.3) is 0 Å². The Morgan fingerprint density at radius 1 is 1.44 bits per heavy atom. The first-order valence-corrected chi connectivity index (χ1v) is 5.58. The fourth-order valence-electron chi connectivity index (χ4n) is 1.57. The van der Waals surface area contributed by atoms with E-state index in [1.165, 1.54) is 12.1 Å². The van der Waals surface area contributed by atoms with E-state index in [1.54, 1.807) is 0 Å². The van der Waals surface area contributed by atoms with Crippen LogP contribution in [0.2, 0.25) is 5.02 Å². The number of nitrogens with two attached hydrogens (primary N) is 1. The van der Waals surface area contributed by atoms with E-state index in [-0.39, 0.29) is 11.6 Å². The number of aliphatic hydroxyl groups is 1. The van der Waals surface area contributed by atoms with Gasteiger partial charge in [0.2, 0.25) is 0 Å². The number of benzene rings is 1. The van der Waals surface area contributed by atoms with Crippen LogP contribution in [-0.4, -0.2) is 24.8 Å². The average Bonchev–Trinajstić information content (AvgIpc) is 2.23. The maximum atomic E-state index is 13.1. The summed E-state index contributed by atoms with van der Waals surface area (Å²) >= 11 is 5.71. The summed E-state index contributed by atoms with van der Waals surface area (Å²) in [6, 6.07) is 2.70. The van der Waals surface area contributed by atoms with E-state index in [0.29, 0.717) is 17.9 Å². The molecule has 1 aromatic carbocycles. The van der Waals surface area contributed by atoms with Gasteiger partial charge in [0, 0.05) is 19.2 Å². The molecule has 0 aromatic heterocycles. The molecule has 0 aliphatic rings. The standard InChI is InChI=1S/C11H16ClFN2O/c1-2-3-15(4-5-16)11-6-8(12)9(13)7-10(11)14/h6-7,16H,2-5,14H2,1H3. The van der Waals surface area contributed by atoms with Gasteiger partial charge in [-0.3, -0.25) is 0 Å². The van der Waals surface area contributed by atoms with Crippen molar-refractivity contribution in [3.63, 3.8) is 0 Å². The highest BCUT2D eigenvalue weighted by Crippen LogP contribution is 2.29. The van der Waals surface area contributed by atoms with E-state index in [9.17, 15) is 4.39 Å². The van der Waals surface area contributed by atoms with Gasteiger partial charge in [-0.25, -0.2) is 4.39 Å². The third kappa shape index (κ3) is 3.00. The highest BCUT2D eigenvalue weighted by molar-refractivity contribution is 6.31. The number of halogens is 2. The number of hydrogen-bond donors (Lipinski definition) is 2. The van der Waals surface area contributed by atoms with Gasteiger partial charge in [-0.2, -0.15) is 0 Å². The lowest BCUT2D eigenvalue weighted by molar-refractivity contribution is 0.302. The largest absolute Gasteiger partial charge is 0.397 e. The molecule has 0 saturated carbocycles. The minimum Gasteiger partial charge on any atom is -0.397 e. The highest BCUT2D eigenvalue weighted by atomic mass is 35.5. The lowest BCUT2D eigenvalue weighted by atomic mass is 10.2. The van der Waals surface area contributed by atoms with Crippen LogP contribution in [-0.2, 0) is 0 Å². The van der Waals surface area contributed by atoms with Crippen molar-refractivity contribution in [2.24, 2.45) is 0 Å². The molecule has 0 saturated heterocycles. The second kappa shape index (κ2) is 5.92. The Bertz CT molecular complexity index is 354. The number of anilines is 2. The first-order valence-electron chi connectivity index (χ1n) is 5.20. The number of hydrogen-bond acceptors (Lipinski definition) is 3. The second-order valence-electron chi connectivity index (χ2n) is 3.54. The van der Waals surface area contributed by atoms with Gasteiger partial charge in [0.05, 0.1) is 23.0 Å². The van der Waals surface area contributed by atoms with Crippen molar-refractivity contribution in [2.45, 2.75) is 13.3 Å². The van der Waals surface area contributed by atoms with Crippen LogP contribution in [0.25, 0.3) is 0 Å². The third-order valence-corrected chi connectivity index (χ3v) is 2.56. The van der Waals surface area contributed by atoms with Crippen molar-refractivity contribution in [3.8, 4) is 0 Å². The molecule has 3 nitrogen and oxygen atoms in total. The predicted octanol–water partition coefficient (Wildman–Crippen LogP) is 2.27. The van der Waals surface area contributed by atoms with Gasteiger partial charge >= 0.3 is 0 Å². The Morgan fingerprint density at radius 3 is 2.69 bits per heavy atom. The summed E-state index contributed by atoms with van der Waals surface area (Å²) in [5.74, 6) is -0.525. The lowest BCUT2D eigenvalue weighted by Crippen LogP contribution is -2.28. The Hall–Kier alpha value is -1.00. The molecule has 0 bridgehead atoms. The fraction of sp³-hybridized carbons (Fsp3) is 0.455. The first-order chi connectivity index (χ1) is 7.60. The van der Waals surface area contributed by atoms with Crippen LogP contribution in [0.3, 0.4) is 0 Å². The summed E-state index contributed by atoms with van der Waals surface area (Å²) in [4.78, 5) is 1.89. The van der Waals surface area contributed by atoms with E-state index < -0.39 is 5.82 Å². The summed E-state index contributed by atoms with van der Waals surface area (Å²) in [5, 5.41) is 8.99. The van der Waals surface area contributed by atoms with E-state index in [0.717, 1.165) is 13.0 Å². The molecule has 0 heterocycles. The quantitative estimate of drug-likeness (QED) is 0.784. The summed E-state index contributed by atoms with van der Waals surface area (Å²) < 4.78 is 13.1. The van der Waals surface area contributed by atoms with Crippen LogP contribution >= 0.6 is 11.6 Å². The van der Waals surface area contributed by atoms with E-state index in [2.05, 4.69) is 0 Å². The van der Waals surface area contributed by atoms with Gasteiger partial charge < -0.3 is 15.7 Å². The van der Waals surface area contributed by atoms with Crippen LogP contribution in [0.15, 0.2) is 12.1 Å². The number of nitrogen functional groups attached to an aromatic ring is 1. The summed E-state index contributed by atoms with van der Waals surface area (Å²) in [7, 11) is 0. The first kappa shape index (κ1) is 13.1. The molecule has 3 N–H and O–H groups in total. The van der Waals surface area contributed by atoms with Crippen molar-refractivity contribution in [2.75, 3.05) is 30.3 Å². The van der Waals surface area contributed by atoms with Gasteiger partial charge in [-0.1, -0.05) is 18.5 Å². The zero-order valence-corrected chi connectivity index (χ0v) is 9.97. The second-order valence-corrected chi connectivity index (χ2v) is 3.94. The maximum Gasteiger partial charge on any atom is 0.143 e. The summed E-state index contributed by atoms with van der Waals surface area (Å²) in [5.41, 5.74) is 6.74. The molecule has 0 unspecified atom stereocenters. The Balaban J connectivity index is 3.03. The van der Waals surface area contributed by atoms with Crippen molar-refractivity contribution in [1.29, 1.82) is 0 Å². The van der Waals surface area contributed by atoms with Gasteiger partial charge in [-0.05, 0) is 12.5 Å². The molecule has 1 rings (SSSR count). The molecular weight excluding hydrogens is 231 g/mol. The van der Waals surface area contributed by atoms with Crippen molar-refractivity contribution < 1.29 is 9.50 Å². The molecule has 90 valence electrons. The van der Waals surface area contributed by atoms with E-state index in [1.807, 2.05) is 11.8 Å². The van der Waals surface area contributed by atoms with Gasteiger partial charge in [0.15, 0.2) is 0 Å². The Labute approximate surface area is 99.6 Å². The molecular formula is C11H16ClFN2O. The predicted molar refractivity (Wildman–Crippen MR) is 65.4 cm³/mol. The normalized spacial score (nSPS) is 10.5. The van der Waals surface area contributed by atoms with Crippen LogP contribution in [0.4, 0.5) is 15.8 Å². The molecule has 0 aliphatic heterocycles. The zero-order valence-electron chi connectivity index (χ0n) is 9.21. The molecule has 1 aromatic rings. The smallest absolute Gasteiger partial charge is 0.143 e. The minimum absolute atomic E-state index is 0.0223. The topological polar surface area (TPSA) is 49.5 Å². The number of nitrogens with zero attached hydrogens (tertiary/aromatic N) is 1. The summed E-state index contributed by atoms with van der Waals surface area (Å²) in [6.07, 6.45) is 0.911. The van der Waals surface area contributed by atoms with Crippen molar-refractivity contribution in [3.05, 3.63) is 23.0 Å². The van der Waals surface area contributed by atoms with Gasteiger partial charge in [-0.15, -0.1) is 0 Å². The van der Waals surface area contributed by atoms with Crippen LogP contribution in [0.5, 0.6) is 0 Å². The molecule has 0 amide bonds. The van der Waals surface area contributed by atoms with Crippen molar-refractivity contribution in [1.82, 2.24) is 0 Å². The average molecular weight is 247 g/mol. The molecule has 0 aliphatic carbocycles. The van der Waals surface area contributed by atoms with Crippen LogP contribution in [0, 0.1) is 5.82 Å². The lowest BCUT2D eigenvalue weighted by Gasteiger charge is -2.25. The number of rotatable bonds is 5. The zero-order chi connectivity index (χ0) is 12.1. The Morgan fingerprint density at radius 2 is 2.12 bits per heavy atom. The van der Waals surface area contributed by atoms with Gasteiger partial charge in [0.1, 0.15) is 5.82 Å². The minimum atomic E-state index is -0.525. The van der Waals surface area contributed by atoms with Crippen molar-refractivity contribution >= 4 is 23.0 Å². The van der Waals surface area contributed by atoms with E-state index in [4.69, 9.17) is 22.4 Å².